The second kappa shape index (κ2) is 42.0. The van der Waals surface area contributed by atoms with Gasteiger partial charge in [0.2, 0.25) is 0 Å². The Morgan fingerprint density at radius 1 is 0.330 bits per heavy atom. The number of nitrogens with two attached hydrogens (primary N) is 1. The Labute approximate surface area is 700 Å². The average molecular weight is 1710 g/mol. The topological polar surface area (TPSA) is 124 Å². The van der Waals surface area contributed by atoms with Crippen molar-refractivity contribution in [3.8, 4) is 0 Å². The molecular formula is C84H191Br2Cl3N15O2+3. The van der Waals surface area contributed by atoms with E-state index >= 15 is 0 Å². The zero-order valence-electron chi connectivity index (χ0n) is 79.1. The molecule has 6 heterocycles. The van der Waals surface area contributed by atoms with Crippen molar-refractivity contribution < 1.29 is 96.0 Å². The Kier molecular flexibility index (Phi) is 45.9. The van der Waals surface area contributed by atoms with Gasteiger partial charge in [0.25, 0.3) is 0 Å². The Bertz CT molecular complexity index is 2350. The summed E-state index contributed by atoms with van der Waals surface area (Å²) in [6, 6.07) is 3.81. The van der Waals surface area contributed by atoms with Crippen LogP contribution in [0.3, 0.4) is 0 Å². The van der Waals surface area contributed by atoms with Gasteiger partial charge in [-0.1, -0.05) is 15.9 Å². The van der Waals surface area contributed by atoms with Gasteiger partial charge >= 0.3 is 0 Å². The van der Waals surface area contributed by atoms with E-state index in [1.165, 1.54) is 90.5 Å². The molecule has 646 valence electrons. The summed E-state index contributed by atoms with van der Waals surface area (Å²) in [6.07, 6.45) is 17.7. The molecule has 0 amide bonds. The maximum absolute atomic E-state index is 10.5. The van der Waals surface area contributed by atoms with E-state index < -0.39 is 0 Å². The minimum Gasteiger partial charge on any atom is -1.00 e. The first kappa shape index (κ1) is 116. The molecule has 0 atom stereocenters. The maximum atomic E-state index is 10.5. The van der Waals surface area contributed by atoms with Gasteiger partial charge in [0, 0.05) is 155 Å². The van der Waals surface area contributed by atoms with Crippen molar-refractivity contribution in [2.75, 3.05) is 186 Å². The third kappa shape index (κ3) is 45.6. The molecule has 0 aromatic heterocycles. The normalized spacial score (nSPS) is 24.4. The van der Waals surface area contributed by atoms with E-state index in [4.69, 9.17) is 5.73 Å². The fourth-order valence-corrected chi connectivity index (χ4v) is 19.1. The first-order valence-electron chi connectivity index (χ1n) is 40.3. The zero-order chi connectivity index (χ0) is 81.4. The van der Waals surface area contributed by atoms with Crippen molar-refractivity contribution >= 4 is 15.9 Å². The number of piperidine rings is 6. The van der Waals surface area contributed by atoms with E-state index in [0.29, 0.717) is 24.2 Å². The van der Waals surface area contributed by atoms with Crippen molar-refractivity contribution in [3.63, 3.8) is 0 Å². The summed E-state index contributed by atoms with van der Waals surface area (Å²) in [5.74, 6) is 0. The fourth-order valence-electron chi connectivity index (χ4n) is 18.9. The molecule has 6 rings (SSSR count). The first-order chi connectivity index (χ1) is 44.5. The van der Waals surface area contributed by atoms with E-state index in [2.05, 4.69) is 356 Å². The van der Waals surface area contributed by atoms with Crippen LogP contribution in [0.4, 0.5) is 0 Å². The second-order valence-electron chi connectivity index (χ2n) is 47.9. The minimum absolute atomic E-state index is 0. The number of hydrogen-bond donors (Lipinski definition) is 7. The van der Waals surface area contributed by atoms with Crippen molar-refractivity contribution in [1.29, 1.82) is 0 Å². The molecule has 6 fully saturated rings. The molecule has 0 aromatic rings. The van der Waals surface area contributed by atoms with Crippen LogP contribution >= 0.6 is 15.9 Å². The predicted molar refractivity (Wildman–Crippen MR) is 451 cm³/mol. The summed E-state index contributed by atoms with van der Waals surface area (Å²) in [5.41, 5.74) is 7.41. The monoisotopic (exact) mass is 1710 g/mol. The fraction of sp³-hybridized carbons (Fsp3) is 1.00. The number of hydrogen-bond acceptors (Lipinski definition) is 10. The summed E-state index contributed by atoms with van der Waals surface area (Å²) in [5, 5.41) is 39.7. The lowest BCUT2D eigenvalue weighted by Crippen LogP contribution is -3.00. The molecule has 8 N–H and O–H groups in total. The van der Waals surface area contributed by atoms with E-state index in [0.717, 1.165) is 87.3 Å². The summed E-state index contributed by atoms with van der Waals surface area (Å²) in [7, 11) is 47.9. The van der Waals surface area contributed by atoms with Crippen molar-refractivity contribution in [2.24, 2.45) is 5.73 Å². The Morgan fingerprint density at radius 2 is 0.528 bits per heavy atom. The van der Waals surface area contributed by atoms with E-state index in [-0.39, 0.29) is 121 Å². The van der Waals surface area contributed by atoms with Gasteiger partial charge < -0.3 is 128 Å². The number of quaternary nitrogens is 7. The highest BCUT2D eigenvalue weighted by Crippen LogP contribution is 2.42. The molecule has 6 aliphatic rings. The zero-order valence-corrected chi connectivity index (χ0v) is 84.6. The van der Waals surface area contributed by atoms with Gasteiger partial charge in [-0.05, 0) is 206 Å². The Morgan fingerprint density at radius 3 is 0.736 bits per heavy atom. The van der Waals surface area contributed by atoms with Gasteiger partial charge in [0.05, 0.1) is 191 Å². The van der Waals surface area contributed by atoms with Crippen LogP contribution in [-0.2, 0) is 0 Å². The van der Waals surface area contributed by atoms with Crippen LogP contribution in [0.1, 0.15) is 262 Å². The van der Waals surface area contributed by atoms with Crippen molar-refractivity contribution in [1.82, 2.24) is 36.3 Å². The van der Waals surface area contributed by atoms with Gasteiger partial charge in [0.15, 0.2) is 0 Å². The molecular weight excluding hydrogens is 1520 g/mol. The number of hydroxylamine groups is 4. The summed E-state index contributed by atoms with van der Waals surface area (Å²) in [6.45, 7) is 60.1. The molecule has 106 heavy (non-hydrogen) atoms. The van der Waals surface area contributed by atoms with Crippen LogP contribution in [-0.4, -0.2) is 346 Å². The van der Waals surface area contributed by atoms with E-state index in [9.17, 15) is 10.4 Å². The highest BCUT2D eigenvalue weighted by molar-refractivity contribution is 9.09. The quantitative estimate of drug-likeness (QED) is 0.0911. The third-order valence-corrected chi connectivity index (χ3v) is 23.5. The van der Waals surface area contributed by atoms with Crippen LogP contribution in [0.15, 0.2) is 0 Å². The first-order valence-corrected chi connectivity index (χ1v) is 41.4. The number of nitrogens with zero attached hydrogens (tertiary/aromatic N) is 10. The highest BCUT2D eigenvalue weighted by atomic mass is 79.9. The van der Waals surface area contributed by atoms with Gasteiger partial charge in [-0.2, -0.15) is 10.1 Å². The highest BCUT2D eigenvalue weighted by Gasteiger charge is 2.52. The Hall–Kier alpha value is 1.15. The molecule has 0 bridgehead atoms. The molecule has 6 saturated heterocycles. The van der Waals surface area contributed by atoms with Crippen LogP contribution in [0, 0.1) is 0 Å². The van der Waals surface area contributed by atoms with Gasteiger partial charge in [-0.15, -0.1) is 0 Å². The number of rotatable bonds is 16. The smallest absolute Gasteiger partial charge is 0.0923 e. The lowest BCUT2D eigenvalue weighted by molar-refractivity contribution is -0.924. The molecule has 0 aromatic carbocycles. The van der Waals surface area contributed by atoms with Crippen LogP contribution < -0.4 is 81.2 Å². The van der Waals surface area contributed by atoms with Crippen molar-refractivity contribution in [3.05, 3.63) is 0 Å². The predicted octanol–water partition coefficient (Wildman–Crippen LogP) is 1.75. The molecule has 0 aliphatic carbocycles. The lowest BCUT2D eigenvalue weighted by Gasteiger charge is -2.54. The molecule has 0 saturated carbocycles. The summed E-state index contributed by atoms with van der Waals surface area (Å²) >= 11 is 3.39. The van der Waals surface area contributed by atoms with Gasteiger partial charge in [-0.25, -0.2) is 0 Å². The SMILES string of the molecule is CC1(C)CC(N)CC(C)(C)N1.CC1(C)CC([N+](C)(C)C)CC(C)(C)N1.CC1(C)CC([N+](C)(C)C)CC(C)(C)N1O.CC1(C)CC([N+](C)(C)CCC[N+](C)(C)C)CC(C)(C)N1.CC1(C)CC([N+](C)(C)CCC[N+](C)(C)C)CC(C)(C)N1O.CN(C)C1CC(C)(C)NC(C)(C)C1.C[N+](C)(C)CCCBr.[Br-].[Cl-].[Cl-].[Cl-]. The number of alkyl halides is 1. The van der Waals surface area contributed by atoms with Crippen LogP contribution in [0.2, 0.25) is 0 Å². The van der Waals surface area contributed by atoms with Crippen LogP contribution in [0.5, 0.6) is 0 Å². The minimum atomic E-state index is -0.151. The van der Waals surface area contributed by atoms with Crippen LogP contribution in [0.25, 0.3) is 0 Å². The van der Waals surface area contributed by atoms with Gasteiger partial charge in [-0.3, -0.25) is 0 Å². The summed E-state index contributed by atoms with van der Waals surface area (Å²) < 4.78 is 7.45. The molecule has 22 heteroatoms. The molecule has 6 aliphatic heterocycles. The molecule has 0 unspecified atom stereocenters. The van der Waals surface area contributed by atoms with Crippen molar-refractivity contribution in [2.45, 2.75) is 365 Å². The van der Waals surface area contributed by atoms with E-state index in [1.54, 1.807) is 10.1 Å². The number of nitrogens with one attached hydrogen (secondary N) is 4. The second-order valence-corrected chi connectivity index (χ2v) is 48.7. The molecule has 17 nitrogen and oxygen atoms in total. The largest absolute Gasteiger partial charge is 1.00 e. The third-order valence-electron chi connectivity index (χ3n) is 22.9. The standard InChI is InChI=1S/C17H39N3O.C17H39N3.C12H27N2O.C12H27N2.C11H24N2.C9H20N2.C6H15BrN.BrH.3ClH/c1-16(2)13-15(14-17(3,4)18(16)21)20(8,9)12-10-11-19(5,6)7;1-16(2)13-15(14-17(3,4)18-16)20(8,9)12-10-11-19(5,6)7;1-11(2)8-10(14(5,6)7)9-12(3,4)13(11)15;1-11(2)8-10(14(5,6)7)9-12(3,4)13-11;1-10(2)7-9(13(5)6)8-11(3,4)12-10;1-8(2)5-7(10)6-9(3,4)11-8;1-8(2,3)6-4-5-7;;;;/h15,21H,10-14H2,1-9H3;15,18H,10-14H2,1-9H3;10,15H,8-9H2,1-7H3;10,13H,8-9H2,1-7H3;9,12H,7-8H2,1-6H3;7,11H,5-6,10H2,1-4H3;4-6H2,1-3H3;4*1H/q2*+2;2*+1;;;+1;;;;/p-4. The van der Waals surface area contributed by atoms with E-state index in [1.807, 2.05) is 0 Å². The molecule has 0 spiro atoms. The lowest BCUT2D eigenvalue weighted by atomic mass is 9.77. The number of halogens is 5. The average Bonchev–Trinajstić information content (AvgIpc) is 0.772. The van der Waals surface area contributed by atoms with Gasteiger partial charge in [0.1, 0.15) is 0 Å². The maximum Gasteiger partial charge on any atom is 0.0923 e. The Balaban J connectivity index is -0.000000378. The summed E-state index contributed by atoms with van der Waals surface area (Å²) in [4.78, 5) is 2.35. The molecule has 0 radical (unpaired) electrons.